The van der Waals surface area contributed by atoms with Gasteiger partial charge in [-0.2, -0.15) is 0 Å². The van der Waals surface area contributed by atoms with Gasteiger partial charge in [0.1, 0.15) is 0 Å². The van der Waals surface area contributed by atoms with Gasteiger partial charge in [0, 0.05) is 38.4 Å². The third-order valence-electron chi connectivity index (χ3n) is 9.58. The van der Waals surface area contributed by atoms with Crippen molar-refractivity contribution in [2.24, 2.45) is 0 Å². The molecule has 0 amide bonds. The molecule has 49 heavy (non-hydrogen) atoms. The molecule has 0 spiro atoms. The molecule has 0 saturated carbocycles. The molecule has 0 atom stereocenters. The molecule has 6 aromatic carbocycles. The largest absolute Gasteiger partial charge is 0.309 e. The van der Waals surface area contributed by atoms with Crippen LogP contribution < -0.4 is 0 Å². The van der Waals surface area contributed by atoms with Crippen LogP contribution in [0.3, 0.4) is 0 Å². The standard InChI is InChI=1S/C45H28N4/c1-4-15-30(16-5-1)44-36-20-10-12-23-38(36)46-45(47-44)49-39-24-9-3-8-19-34(39)35-28-27-31(29-42(35)49)33-22-14-26-41-43(33)37-21-11-13-25-40(37)48(41)32-17-6-2-7-18-32/h1-7,9-29H. The first-order valence-corrected chi connectivity index (χ1v) is 16.5. The molecule has 4 nitrogen and oxygen atoms in total. The van der Waals surface area contributed by atoms with Gasteiger partial charge in [-0.1, -0.05) is 115 Å². The minimum Gasteiger partial charge on any atom is -0.309 e. The highest BCUT2D eigenvalue weighted by atomic mass is 15.2. The van der Waals surface area contributed by atoms with Gasteiger partial charge in [0.05, 0.1) is 33.5 Å². The number of aromatic nitrogens is 4. The van der Waals surface area contributed by atoms with Gasteiger partial charge in [0.25, 0.3) is 0 Å². The Morgan fingerprint density at radius 1 is 0.531 bits per heavy atom. The van der Waals surface area contributed by atoms with Gasteiger partial charge in [-0.05, 0) is 65.8 Å². The van der Waals surface area contributed by atoms with E-state index >= 15 is 0 Å². The van der Waals surface area contributed by atoms with E-state index in [1.165, 1.54) is 27.4 Å². The van der Waals surface area contributed by atoms with E-state index in [1.807, 2.05) is 24.3 Å². The summed E-state index contributed by atoms with van der Waals surface area (Å²) in [7, 11) is 0. The van der Waals surface area contributed by atoms with Crippen LogP contribution in [0.4, 0.5) is 0 Å². The summed E-state index contributed by atoms with van der Waals surface area (Å²) in [4.78, 5) is 10.5. The lowest BCUT2D eigenvalue weighted by atomic mass is 9.98. The minimum atomic E-state index is 0.639. The highest BCUT2D eigenvalue weighted by Crippen LogP contribution is 2.41. The zero-order valence-corrected chi connectivity index (χ0v) is 26.5. The fourth-order valence-corrected chi connectivity index (χ4v) is 7.45. The number of para-hydroxylation sites is 3. The Labute approximate surface area is 282 Å². The van der Waals surface area contributed by atoms with Crippen LogP contribution in [0.2, 0.25) is 0 Å². The monoisotopic (exact) mass is 624 g/mol. The molecule has 4 heteroatoms. The van der Waals surface area contributed by atoms with Crippen molar-refractivity contribution in [1.82, 2.24) is 19.1 Å². The second-order valence-corrected chi connectivity index (χ2v) is 12.3. The lowest BCUT2D eigenvalue weighted by molar-refractivity contribution is 0.973. The van der Waals surface area contributed by atoms with Crippen LogP contribution in [0.15, 0.2) is 163 Å². The maximum atomic E-state index is 5.30. The summed E-state index contributed by atoms with van der Waals surface area (Å²) in [5.74, 6) is 0.639. The molecule has 0 N–H and O–H groups in total. The predicted molar refractivity (Wildman–Crippen MR) is 203 cm³/mol. The molecule has 1 aliphatic rings. The summed E-state index contributed by atoms with van der Waals surface area (Å²) in [6, 6.07) is 51.4. The van der Waals surface area contributed by atoms with Gasteiger partial charge < -0.3 is 4.57 Å². The Balaban J connectivity index is 1.27. The van der Waals surface area contributed by atoms with Crippen LogP contribution in [0, 0.1) is 0 Å². The van der Waals surface area contributed by atoms with Crippen LogP contribution in [0.1, 0.15) is 11.3 Å². The quantitative estimate of drug-likeness (QED) is 0.183. The molecule has 3 heterocycles. The molecule has 10 rings (SSSR count). The highest BCUT2D eigenvalue weighted by Gasteiger charge is 2.22. The van der Waals surface area contributed by atoms with Gasteiger partial charge in [0.15, 0.2) is 0 Å². The average Bonchev–Trinajstić information content (AvgIpc) is 3.55. The SMILES string of the molecule is C1=CC=Cc2c(c3ccc(-c4cccc5c4c4ccccc4n5-c4ccccc4)cc3n2-c2nc(-c3ccccc3)c3ccccc3n2)C=1. The Bertz CT molecular complexity index is 2850. The third-order valence-corrected chi connectivity index (χ3v) is 9.58. The van der Waals surface area contributed by atoms with Crippen molar-refractivity contribution in [1.29, 1.82) is 0 Å². The van der Waals surface area contributed by atoms with E-state index in [-0.39, 0.29) is 0 Å². The zero-order chi connectivity index (χ0) is 32.3. The third kappa shape index (κ3) is 4.25. The molecular formula is C45H28N4. The Hall–Kier alpha value is -6.74. The van der Waals surface area contributed by atoms with E-state index in [0.29, 0.717) is 5.95 Å². The van der Waals surface area contributed by atoms with Crippen LogP contribution in [0.25, 0.3) is 89.8 Å². The lowest BCUT2D eigenvalue weighted by Crippen LogP contribution is -2.05. The molecule has 228 valence electrons. The van der Waals surface area contributed by atoms with Crippen molar-refractivity contribution in [2.45, 2.75) is 0 Å². The normalized spacial score (nSPS) is 12.3. The first-order chi connectivity index (χ1) is 24.3. The van der Waals surface area contributed by atoms with Crippen molar-refractivity contribution in [3.8, 4) is 34.0 Å². The van der Waals surface area contributed by atoms with Gasteiger partial charge in [-0.25, -0.2) is 9.97 Å². The maximum absolute atomic E-state index is 5.30. The van der Waals surface area contributed by atoms with Crippen LogP contribution in [0.5, 0.6) is 0 Å². The van der Waals surface area contributed by atoms with Crippen molar-refractivity contribution >= 4 is 55.8 Å². The number of rotatable bonds is 4. The predicted octanol–water partition coefficient (Wildman–Crippen LogP) is 11.2. The smallest absolute Gasteiger partial charge is 0.235 e. The van der Waals surface area contributed by atoms with Gasteiger partial charge in [-0.15, -0.1) is 5.73 Å². The summed E-state index contributed by atoms with van der Waals surface area (Å²) in [6.45, 7) is 0. The summed E-state index contributed by atoms with van der Waals surface area (Å²) in [5, 5.41) is 4.61. The van der Waals surface area contributed by atoms with Gasteiger partial charge >= 0.3 is 0 Å². The van der Waals surface area contributed by atoms with Gasteiger partial charge in [-0.3, -0.25) is 4.57 Å². The van der Waals surface area contributed by atoms with E-state index in [9.17, 15) is 0 Å². The van der Waals surface area contributed by atoms with E-state index < -0.39 is 0 Å². The summed E-state index contributed by atoms with van der Waals surface area (Å²) in [5.41, 5.74) is 15.2. The Morgan fingerprint density at radius 3 is 2.16 bits per heavy atom. The second-order valence-electron chi connectivity index (χ2n) is 12.3. The number of nitrogens with zero attached hydrogens (tertiary/aromatic N) is 4. The van der Waals surface area contributed by atoms with Crippen molar-refractivity contribution in [3.63, 3.8) is 0 Å². The minimum absolute atomic E-state index is 0.639. The molecule has 1 aliphatic carbocycles. The topological polar surface area (TPSA) is 35.6 Å². The first-order valence-electron chi connectivity index (χ1n) is 16.5. The number of hydrogen-bond acceptors (Lipinski definition) is 2. The lowest BCUT2D eigenvalue weighted by Gasteiger charge is -2.13. The maximum Gasteiger partial charge on any atom is 0.235 e. The molecule has 0 unspecified atom stereocenters. The number of fused-ring (bicyclic) bond motifs is 7. The molecule has 0 saturated heterocycles. The van der Waals surface area contributed by atoms with Crippen LogP contribution >= 0.6 is 0 Å². The molecule has 0 aliphatic heterocycles. The highest BCUT2D eigenvalue weighted by molar-refractivity contribution is 6.16. The molecular weight excluding hydrogens is 597 g/mol. The number of benzene rings is 6. The van der Waals surface area contributed by atoms with E-state index in [4.69, 9.17) is 9.97 Å². The first kappa shape index (κ1) is 27.4. The van der Waals surface area contributed by atoms with Crippen molar-refractivity contribution in [3.05, 3.63) is 175 Å². The summed E-state index contributed by atoms with van der Waals surface area (Å²) >= 11 is 0. The van der Waals surface area contributed by atoms with Crippen LogP contribution in [-0.4, -0.2) is 19.1 Å². The molecule has 9 aromatic rings. The number of allylic oxidation sites excluding steroid dienone is 2. The Morgan fingerprint density at radius 2 is 1.29 bits per heavy atom. The molecule has 0 radical (unpaired) electrons. The fourth-order valence-electron chi connectivity index (χ4n) is 7.45. The zero-order valence-electron chi connectivity index (χ0n) is 26.5. The molecule has 3 aromatic heterocycles. The summed E-state index contributed by atoms with van der Waals surface area (Å²) < 4.78 is 4.59. The molecule has 0 bridgehead atoms. The van der Waals surface area contributed by atoms with Crippen molar-refractivity contribution in [2.75, 3.05) is 0 Å². The average molecular weight is 625 g/mol. The van der Waals surface area contributed by atoms with E-state index in [1.54, 1.807) is 0 Å². The summed E-state index contributed by atoms with van der Waals surface area (Å²) in [6.07, 6.45) is 8.20. The van der Waals surface area contributed by atoms with E-state index in [0.717, 1.165) is 55.6 Å². The fraction of sp³-hybridized carbons (Fsp3) is 0. The van der Waals surface area contributed by atoms with Crippen molar-refractivity contribution < 1.29 is 0 Å². The van der Waals surface area contributed by atoms with Gasteiger partial charge in [0.2, 0.25) is 5.95 Å². The second kappa shape index (κ2) is 10.9. The van der Waals surface area contributed by atoms with Crippen LogP contribution in [-0.2, 0) is 0 Å². The Kier molecular flexibility index (Phi) is 6.10. The molecule has 0 fully saturated rings. The van der Waals surface area contributed by atoms with E-state index in [2.05, 4.69) is 160 Å². The number of hydrogen-bond donors (Lipinski definition) is 0.